The van der Waals surface area contributed by atoms with Gasteiger partial charge in [0.25, 0.3) is 11.8 Å². The predicted octanol–water partition coefficient (Wildman–Crippen LogP) is 1.79. The van der Waals surface area contributed by atoms with Crippen molar-refractivity contribution >= 4 is 57.3 Å². The van der Waals surface area contributed by atoms with Crippen molar-refractivity contribution in [3.8, 4) is 0 Å². The van der Waals surface area contributed by atoms with Gasteiger partial charge in [-0.25, -0.2) is 0 Å². The summed E-state index contributed by atoms with van der Waals surface area (Å²) in [6, 6.07) is 7.39. The van der Waals surface area contributed by atoms with E-state index in [1.807, 2.05) is 24.3 Å². The average molecular weight is 404 g/mol. The van der Waals surface area contributed by atoms with E-state index in [0.29, 0.717) is 23.6 Å². The average Bonchev–Trinajstić information content (AvgIpc) is 3.04. The van der Waals surface area contributed by atoms with Crippen molar-refractivity contribution in [1.82, 2.24) is 4.90 Å². The molecule has 0 bridgehead atoms. The highest BCUT2D eigenvalue weighted by molar-refractivity contribution is 8.26. The van der Waals surface area contributed by atoms with Crippen molar-refractivity contribution in [2.45, 2.75) is 26.7 Å². The third kappa shape index (κ3) is 3.77. The maximum atomic E-state index is 13.1. The van der Waals surface area contributed by atoms with Crippen molar-refractivity contribution in [3.63, 3.8) is 0 Å². The summed E-state index contributed by atoms with van der Waals surface area (Å²) in [4.78, 5) is 39.9. The molecule has 0 unspecified atom stereocenters. The molecule has 27 heavy (non-hydrogen) atoms. The molecule has 0 saturated carbocycles. The van der Waals surface area contributed by atoms with E-state index in [4.69, 9.17) is 12.2 Å². The molecule has 2 aliphatic heterocycles. The molecule has 2 aliphatic rings. The quantitative estimate of drug-likeness (QED) is 0.532. The first-order valence-corrected chi connectivity index (χ1v) is 9.92. The number of hydrogen-bond donors (Lipinski definition) is 0. The fraction of sp³-hybridized carbons (Fsp3) is 0.368. The topological polar surface area (TPSA) is 80.8 Å². The van der Waals surface area contributed by atoms with Crippen LogP contribution in [-0.4, -0.2) is 40.1 Å². The zero-order valence-corrected chi connectivity index (χ0v) is 16.7. The number of thioether (sulfide) groups is 1. The fourth-order valence-electron chi connectivity index (χ4n) is 3.05. The van der Waals surface area contributed by atoms with Crippen LogP contribution in [-0.2, 0) is 14.4 Å². The highest BCUT2D eigenvalue weighted by Crippen LogP contribution is 2.44. The normalized spacial score (nSPS) is 19.4. The summed E-state index contributed by atoms with van der Waals surface area (Å²) in [5.41, 5.74) is 1.85. The number of anilines is 1. The number of nitrogens with zero attached hydrogens (tertiary/aromatic N) is 2. The molecule has 0 aliphatic carbocycles. The lowest BCUT2D eigenvalue weighted by molar-refractivity contribution is -0.305. The lowest BCUT2D eigenvalue weighted by atomic mass is 10.1. The number of carbonyl (C=O) groups is 3. The molecule has 142 valence electrons. The minimum Gasteiger partial charge on any atom is -0.550 e. The summed E-state index contributed by atoms with van der Waals surface area (Å²) >= 11 is 6.28. The van der Waals surface area contributed by atoms with Crippen molar-refractivity contribution < 1.29 is 19.5 Å². The van der Waals surface area contributed by atoms with Gasteiger partial charge in [0.15, 0.2) is 0 Å². The van der Waals surface area contributed by atoms with Gasteiger partial charge in [-0.1, -0.05) is 56.0 Å². The number of thiocarbonyl (C=S) groups is 1. The monoisotopic (exact) mass is 403 g/mol. The Kier molecular flexibility index (Phi) is 5.67. The van der Waals surface area contributed by atoms with Gasteiger partial charge in [-0.2, -0.15) is 0 Å². The molecule has 0 atom stereocenters. The van der Waals surface area contributed by atoms with Gasteiger partial charge < -0.3 is 14.8 Å². The Morgan fingerprint density at radius 3 is 2.52 bits per heavy atom. The number of hydrogen-bond acceptors (Lipinski definition) is 6. The first-order valence-electron chi connectivity index (χ1n) is 8.70. The van der Waals surface area contributed by atoms with Gasteiger partial charge in [0.2, 0.25) is 0 Å². The van der Waals surface area contributed by atoms with Gasteiger partial charge in [0.05, 0.1) is 16.2 Å². The predicted molar refractivity (Wildman–Crippen MR) is 107 cm³/mol. The Bertz CT molecular complexity index is 863. The van der Waals surface area contributed by atoms with Crippen LogP contribution >= 0.6 is 24.0 Å². The molecule has 2 amide bonds. The van der Waals surface area contributed by atoms with Crippen LogP contribution in [0, 0.1) is 5.92 Å². The Labute approximate surface area is 167 Å². The van der Waals surface area contributed by atoms with Gasteiger partial charge in [-0.05, 0) is 18.4 Å². The summed E-state index contributed by atoms with van der Waals surface area (Å²) in [6.07, 6.45) is 0.542. The Balaban J connectivity index is 1.98. The minimum absolute atomic E-state index is 0.0588. The second-order valence-corrected chi connectivity index (χ2v) is 8.45. The van der Waals surface area contributed by atoms with E-state index in [0.717, 1.165) is 23.9 Å². The van der Waals surface area contributed by atoms with Crippen LogP contribution in [0.4, 0.5) is 5.69 Å². The van der Waals surface area contributed by atoms with Crippen LogP contribution in [0.2, 0.25) is 0 Å². The number of amides is 2. The molecule has 0 spiro atoms. The van der Waals surface area contributed by atoms with Crippen molar-refractivity contribution in [3.05, 3.63) is 34.7 Å². The van der Waals surface area contributed by atoms with Crippen molar-refractivity contribution in [2.75, 3.05) is 18.0 Å². The molecule has 1 fully saturated rings. The lowest BCUT2D eigenvalue weighted by Crippen LogP contribution is -2.34. The maximum absolute atomic E-state index is 13.1. The zero-order chi connectivity index (χ0) is 19.7. The highest BCUT2D eigenvalue weighted by Gasteiger charge is 2.41. The number of fused-ring (bicyclic) bond motifs is 1. The third-order valence-corrected chi connectivity index (χ3v) is 5.92. The number of carboxylic acid groups (broad SMARTS) is 1. The summed E-state index contributed by atoms with van der Waals surface area (Å²) in [5.74, 6) is -1.44. The summed E-state index contributed by atoms with van der Waals surface area (Å²) < 4.78 is 0.259. The number of para-hydroxylation sites is 1. The smallest absolute Gasteiger partial charge is 0.267 e. The molecule has 0 radical (unpaired) electrons. The summed E-state index contributed by atoms with van der Waals surface area (Å²) in [5, 5.41) is 10.7. The Hall–Kier alpha value is -2.19. The molecule has 0 N–H and O–H groups in total. The molecule has 3 rings (SSSR count). The van der Waals surface area contributed by atoms with Gasteiger partial charge in [0.1, 0.15) is 4.32 Å². The SMILES string of the molecule is CC(C)CCN1C(=O)/C(=C2\SC(=S)N(CCC(=O)[O-])C2=O)c2ccccc21. The number of carbonyl (C=O) groups excluding carboxylic acids is 3. The first-order chi connectivity index (χ1) is 12.8. The number of rotatable bonds is 6. The minimum atomic E-state index is -1.25. The van der Waals surface area contributed by atoms with Crippen LogP contribution in [0.25, 0.3) is 5.57 Å². The summed E-state index contributed by atoms with van der Waals surface area (Å²) in [6.45, 7) is 4.70. The fourth-order valence-corrected chi connectivity index (χ4v) is 4.43. The van der Waals surface area contributed by atoms with Crippen LogP contribution < -0.4 is 10.0 Å². The first kappa shape index (κ1) is 19.6. The van der Waals surface area contributed by atoms with E-state index in [-0.39, 0.29) is 28.1 Å². The Morgan fingerprint density at radius 1 is 1.15 bits per heavy atom. The van der Waals surface area contributed by atoms with E-state index >= 15 is 0 Å². The largest absolute Gasteiger partial charge is 0.550 e. The van der Waals surface area contributed by atoms with Gasteiger partial charge in [-0.15, -0.1) is 0 Å². The lowest BCUT2D eigenvalue weighted by Gasteiger charge is -2.18. The highest BCUT2D eigenvalue weighted by atomic mass is 32.2. The molecule has 6 nitrogen and oxygen atoms in total. The van der Waals surface area contributed by atoms with Crippen LogP contribution in [0.15, 0.2) is 29.2 Å². The second-order valence-electron chi connectivity index (χ2n) is 6.81. The summed E-state index contributed by atoms with van der Waals surface area (Å²) in [7, 11) is 0. The van der Waals surface area contributed by atoms with E-state index in [9.17, 15) is 19.5 Å². The van der Waals surface area contributed by atoms with Gasteiger partial charge in [0, 0.05) is 31.0 Å². The molecule has 2 heterocycles. The maximum Gasteiger partial charge on any atom is 0.267 e. The Morgan fingerprint density at radius 2 is 1.85 bits per heavy atom. The number of aliphatic carboxylic acids is 1. The molecular weight excluding hydrogens is 384 g/mol. The van der Waals surface area contributed by atoms with Crippen LogP contribution in [0.5, 0.6) is 0 Å². The van der Waals surface area contributed by atoms with Gasteiger partial charge >= 0.3 is 0 Å². The number of benzene rings is 1. The van der Waals surface area contributed by atoms with Crippen molar-refractivity contribution in [2.24, 2.45) is 5.92 Å². The standard InChI is InChI=1S/C19H20N2O4S2/c1-11(2)7-9-20-13-6-4-3-5-12(13)15(17(20)24)16-18(25)21(19(26)27-16)10-8-14(22)23/h3-6,11H,7-10H2,1-2H3,(H,22,23)/p-1/b16-15-. The van der Waals surface area contributed by atoms with Crippen molar-refractivity contribution in [1.29, 1.82) is 0 Å². The molecule has 0 aromatic heterocycles. The molecular formula is C19H19N2O4S2-. The third-order valence-electron chi connectivity index (χ3n) is 4.47. The van der Waals surface area contributed by atoms with Gasteiger partial charge in [-0.3, -0.25) is 14.5 Å². The van der Waals surface area contributed by atoms with E-state index < -0.39 is 11.9 Å². The second kappa shape index (κ2) is 7.82. The molecule has 1 saturated heterocycles. The molecule has 8 heteroatoms. The molecule has 1 aromatic carbocycles. The zero-order valence-electron chi connectivity index (χ0n) is 15.1. The molecule has 1 aromatic rings. The van der Waals surface area contributed by atoms with Crippen LogP contribution in [0.1, 0.15) is 32.3 Å². The van der Waals surface area contributed by atoms with E-state index in [2.05, 4.69) is 13.8 Å². The van der Waals surface area contributed by atoms with E-state index in [1.54, 1.807) is 4.90 Å². The number of carboxylic acids is 1. The van der Waals surface area contributed by atoms with Crippen LogP contribution in [0.3, 0.4) is 0 Å². The van der Waals surface area contributed by atoms with E-state index in [1.165, 1.54) is 4.90 Å².